The van der Waals surface area contributed by atoms with E-state index in [1.54, 1.807) is 0 Å². The topological polar surface area (TPSA) is 34.1 Å². The van der Waals surface area contributed by atoms with Gasteiger partial charge in [-0.1, -0.05) is 188 Å². The first-order chi connectivity index (χ1) is 19.2. The minimum absolute atomic E-state index is 0.159. The molecule has 0 fully saturated rings. The second kappa shape index (κ2) is 31.9. The zero-order chi connectivity index (χ0) is 28.7. The first kappa shape index (κ1) is 38.3. The van der Waals surface area contributed by atoms with Crippen LogP contribution in [0.25, 0.3) is 0 Å². The van der Waals surface area contributed by atoms with Crippen molar-refractivity contribution in [1.82, 2.24) is 0 Å². The molecule has 0 aromatic heterocycles. The maximum absolute atomic E-state index is 12.9. The summed E-state index contributed by atoms with van der Waals surface area (Å²) in [6, 6.07) is 0. The molecular weight excluding hydrogens is 476 g/mol. The number of hydrogen-bond donors (Lipinski definition) is 0. The Morgan fingerprint density at radius 2 is 0.513 bits per heavy atom. The van der Waals surface area contributed by atoms with E-state index < -0.39 is 0 Å². The summed E-state index contributed by atoms with van der Waals surface area (Å²) in [5.74, 6) is 0.965. The number of carbonyl (C=O) groups excluding carboxylic acids is 2. The molecular formula is C37H71O2. The van der Waals surface area contributed by atoms with Gasteiger partial charge >= 0.3 is 0 Å². The highest BCUT2D eigenvalue weighted by molar-refractivity contribution is 6.16. The molecule has 0 saturated carbocycles. The SMILES string of the molecule is CCCCCCCCCCCCCCCC(=O)[C](CCCC)C(=O)CCCCCCCCCCCCCCC. The molecule has 0 amide bonds. The van der Waals surface area contributed by atoms with Crippen LogP contribution in [0.5, 0.6) is 0 Å². The van der Waals surface area contributed by atoms with Gasteiger partial charge in [0, 0.05) is 12.8 Å². The Labute approximate surface area is 246 Å². The molecule has 0 spiro atoms. The van der Waals surface area contributed by atoms with Crippen LogP contribution >= 0.6 is 0 Å². The summed E-state index contributed by atoms with van der Waals surface area (Å²) in [7, 11) is 0. The van der Waals surface area contributed by atoms with Crippen LogP contribution in [0, 0.1) is 5.92 Å². The van der Waals surface area contributed by atoms with Crippen molar-refractivity contribution >= 4 is 11.6 Å². The number of carbonyl (C=O) groups is 2. The molecule has 0 aliphatic heterocycles. The molecule has 0 aromatic carbocycles. The predicted molar refractivity (Wildman–Crippen MR) is 173 cm³/mol. The zero-order valence-electron chi connectivity index (χ0n) is 27.2. The normalized spacial score (nSPS) is 11.5. The van der Waals surface area contributed by atoms with Crippen molar-refractivity contribution < 1.29 is 9.59 Å². The number of hydrogen-bond acceptors (Lipinski definition) is 2. The van der Waals surface area contributed by atoms with Crippen molar-refractivity contribution in [2.24, 2.45) is 0 Å². The maximum atomic E-state index is 12.9. The van der Waals surface area contributed by atoms with Crippen LogP contribution in [-0.4, -0.2) is 11.6 Å². The lowest BCUT2D eigenvalue weighted by molar-refractivity contribution is -0.124. The molecule has 0 saturated heterocycles. The standard InChI is InChI=1S/C37H71O2/c1-4-7-10-12-14-16-18-20-22-24-26-28-30-33-36(38)35(32-9-6-3)37(39)34-31-29-27-25-23-21-19-17-15-13-11-8-5-2/h4-34H2,1-3H3. The second-order valence-electron chi connectivity index (χ2n) is 12.4. The summed E-state index contributed by atoms with van der Waals surface area (Å²) in [4.78, 5) is 25.7. The fourth-order valence-electron chi connectivity index (χ4n) is 5.70. The van der Waals surface area contributed by atoms with E-state index in [2.05, 4.69) is 20.8 Å². The van der Waals surface area contributed by atoms with Crippen molar-refractivity contribution in [1.29, 1.82) is 0 Å². The van der Waals surface area contributed by atoms with Gasteiger partial charge in [-0.3, -0.25) is 9.59 Å². The summed E-state index contributed by atoms with van der Waals surface area (Å²) in [5.41, 5.74) is 0. The van der Waals surface area contributed by atoms with E-state index in [0.29, 0.717) is 25.2 Å². The lowest BCUT2D eigenvalue weighted by atomic mass is 9.87. The van der Waals surface area contributed by atoms with Crippen LogP contribution in [0.3, 0.4) is 0 Å². The van der Waals surface area contributed by atoms with Gasteiger partial charge in [-0.15, -0.1) is 0 Å². The molecule has 0 aromatic rings. The molecule has 2 nitrogen and oxygen atoms in total. The molecule has 0 bridgehead atoms. The van der Waals surface area contributed by atoms with Gasteiger partial charge in [-0.25, -0.2) is 0 Å². The Morgan fingerprint density at radius 1 is 0.282 bits per heavy atom. The number of rotatable bonds is 33. The Bertz CT molecular complexity index is 470. The summed E-state index contributed by atoms with van der Waals surface area (Å²) in [5, 5.41) is 0. The molecule has 0 aliphatic rings. The largest absolute Gasteiger partial charge is 0.299 e. The van der Waals surface area contributed by atoms with Gasteiger partial charge in [-0.2, -0.15) is 0 Å². The second-order valence-corrected chi connectivity index (χ2v) is 12.4. The lowest BCUT2D eigenvalue weighted by Gasteiger charge is -2.14. The summed E-state index contributed by atoms with van der Waals surface area (Å²) in [6.45, 7) is 6.70. The summed E-state index contributed by atoms with van der Waals surface area (Å²) in [6.07, 6.45) is 38.1. The Kier molecular flexibility index (Phi) is 31.3. The van der Waals surface area contributed by atoms with Gasteiger partial charge in [-0.05, 0) is 19.3 Å². The maximum Gasteiger partial charge on any atom is 0.147 e. The third-order valence-corrected chi connectivity index (χ3v) is 8.47. The minimum atomic E-state index is 0.159. The number of Topliss-reactive ketones (excluding diaryl/α,β-unsaturated/α-hetero) is 2. The molecule has 0 heterocycles. The summed E-state index contributed by atoms with van der Waals surface area (Å²) >= 11 is 0. The Morgan fingerprint density at radius 3 is 0.769 bits per heavy atom. The van der Waals surface area contributed by atoms with Gasteiger partial charge < -0.3 is 0 Å². The van der Waals surface area contributed by atoms with Crippen LogP contribution in [0.1, 0.15) is 220 Å². The smallest absolute Gasteiger partial charge is 0.147 e. The Hall–Kier alpha value is -0.660. The van der Waals surface area contributed by atoms with E-state index in [1.807, 2.05) is 0 Å². The average molecular weight is 548 g/mol. The molecule has 231 valence electrons. The quantitative estimate of drug-likeness (QED) is 0.0604. The number of unbranched alkanes of at least 4 members (excludes halogenated alkanes) is 25. The van der Waals surface area contributed by atoms with Crippen molar-refractivity contribution in [3.05, 3.63) is 5.92 Å². The van der Waals surface area contributed by atoms with Crippen LogP contribution < -0.4 is 0 Å². The average Bonchev–Trinajstić information content (AvgIpc) is 2.94. The van der Waals surface area contributed by atoms with E-state index >= 15 is 0 Å². The molecule has 39 heavy (non-hydrogen) atoms. The molecule has 2 heteroatoms. The summed E-state index contributed by atoms with van der Waals surface area (Å²) < 4.78 is 0. The van der Waals surface area contributed by atoms with Crippen molar-refractivity contribution in [2.75, 3.05) is 0 Å². The van der Waals surface area contributed by atoms with Crippen molar-refractivity contribution in [3.8, 4) is 0 Å². The predicted octanol–water partition coefficient (Wildman–Crippen LogP) is 12.9. The molecule has 0 rings (SSSR count). The fraction of sp³-hybridized carbons (Fsp3) is 0.919. The molecule has 0 unspecified atom stereocenters. The van der Waals surface area contributed by atoms with E-state index in [4.69, 9.17) is 0 Å². The van der Waals surface area contributed by atoms with Crippen molar-refractivity contribution in [2.45, 2.75) is 220 Å². The highest BCUT2D eigenvalue weighted by atomic mass is 16.1. The Balaban J connectivity index is 3.79. The zero-order valence-corrected chi connectivity index (χ0v) is 27.2. The first-order valence-electron chi connectivity index (χ1n) is 18.1. The van der Waals surface area contributed by atoms with Gasteiger partial charge in [0.25, 0.3) is 0 Å². The van der Waals surface area contributed by atoms with Gasteiger partial charge in [0.15, 0.2) is 0 Å². The molecule has 0 N–H and O–H groups in total. The molecule has 0 aliphatic carbocycles. The lowest BCUT2D eigenvalue weighted by Crippen LogP contribution is -2.22. The van der Waals surface area contributed by atoms with Gasteiger partial charge in [0.1, 0.15) is 17.5 Å². The van der Waals surface area contributed by atoms with Gasteiger partial charge in [0.2, 0.25) is 0 Å². The van der Waals surface area contributed by atoms with Gasteiger partial charge in [0.05, 0.1) is 0 Å². The minimum Gasteiger partial charge on any atom is -0.299 e. The van der Waals surface area contributed by atoms with Crippen LogP contribution in [0.4, 0.5) is 0 Å². The number of ketones is 2. The van der Waals surface area contributed by atoms with E-state index in [-0.39, 0.29) is 11.6 Å². The highest BCUT2D eigenvalue weighted by Crippen LogP contribution is 2.21. The highest BCUT2D eigenvalue weighted by Gasteiger charge is 2.25. The first-order valence-corrected chi connectivity index (χ1v) is 18.1. The van der Waals surface area contributed by atoms with E-state index in [9.17, 15) is 9.59 Å². The van der Waals surface area contributed by atoms with Crippen molar-refractivity contribution in [3.63, 3.8) is 0 Å². The monoisotopic (exact) mass is 548 g/mol. The molecule has 1 radical (unpaired) electrons. The van der Waals surface area contributed by atoms with E-state index in [1.165, 1.54) is 141 Å². The van der Waals surface area contributed by atoms with Crippen LogP contribution in [-0.2, 0) is 9.59 Å². The third kappa shape index (κ3) is 27.3. The van der Waals surface area contributed by atoms with E-state index in [0.717, 1.165) is 38.5 Å². The van der Waals surface area contributed by atoms with Crippen LogP contribution in [0.15, 0.2) is 0 Å². The molecule has 0 atom stereocenters. The third-order valence-electron chi connectivity index (χ3n) is 8.47. The van der Waals surface area contributed by atoms with Crippen LogP contribution in [0.2, 0.25) is 0 Å². The fourth-order valence-corrected chi connectivity index (χ4v) is 5.70.